The van der Waals surface area contributed by atoms with Crippen molar-refractivity contribution in [2.75, 3.05) is 26.2 Å². The Bertz CT molecular complexity index is 825. The summed E-state index contributed by atoms with van der Waals surface area (Å²) in [6.45, 7) is 3.59. The van der Waals surface area contributed by atoms with E-state index in [9.17, 15) is 12.8 Å². The summed E-state index contributed by atoms with van der Waals surface area (Å²) in [7, 11) is -3.65. The minimum Gasteiger partial charge on any atom is -0.376 e. The first-order chi connectivity index (χ1) is 12.4. The molecule has 2 aromatic rings. The molecule has 2 unspecified atom stereocenters. The quantitative estimate of drug-likeness (QED) is 0.782. The van der Waals surface area contributed by atoms with E-state index in [-0.39, 0.29) is 21.9 Å². The van der Waals surface area contributed by atoms with Crippen molar-refractivity contribution in [1.82, 2.24) is 9.62 Å². The van der Waals surface area contributed by atoms with Gasteiger partial charge in [0.15, 0.2) is 0 Å². The molecule has 9 heteroatoms. The van der Waals surface area contributed by atoms with Crippen LogP contribution in [0.1, 0.15) is 18.5 Å². The zero-order valence-corrected chi connectivity index (χ0v) is 16.6. The molecule has 1 aliphatic heterocycles. The highest BCUT2D eigenvalue weighted by molar-refractivity contribution is 7.91. The van der Waals surface area contributed by atoms with Gasteiger partial charge in [0.25, 0.3) is 0 Å². The molecule has 0 bridgehead atoms. The fraction of sp³-hybridized carbons (Fsp3) is 0.412. The minimum absolute atomic E-state index is 0.0214. The van der Waals surface area contributed by atoms with Crippen LogP contribution in [0.25, 0.3) is 0 Å². The molecule has 2 heterocycles. The second kappa shape index (κ2) is 8.33. The van der Waals surface area contributed by atoms with Crippen molar-refractivity contribution in [1.29, 1.82) is 0 Å². The van der Waals surface area contributed by atoms with Gasteiger partial charge in [0, 0.05) is 30.2 Å². The fourth-order valence-corrected chi connectivity index (χ4v) is 5.41. The third kappa shape index (κ3) is 4.44. The molecule has 3 rings (SSSR count). The van der Waals surface area contributed by atoms with Crippen LogP contribution in [0, 0.1) is 5.82 Å². The molecule has 0 aliphatic carbocycles. The van der Waals surface area contributed by atoms with E-state index in [0.29, 0.717) is 25.3 Å². The van der Waals surface area contributed by atoms with Gasteiger partial charge in [0.2, 0.25) is 10.0 Å². The smallest absolute Gasteiger partial charge is 0.250 e. The van der Waals surface area contributed by atoms with Crippen LogP contribution in [0.3, 0.4) is 0 Å². The number of halogens is 2. The Labute approximate surface area is 161 Å². The highest BCUT2D eigenvalue weighted by atomic mass is 35.5. The molecule has 1 aliphatic rings. The summed E-state index contributed by atoms with van der Waals surface area (Å²) in [5, 5.41) is 1.98. The lowest BCUT2D eigenvalue weighted by molar-refractivity contribution is -0.0342. The maximum atomic E-state index is 14.5. The molecule has 1 fully saturated rings. The van der Waals surface area contributed by atoms with E-state index >= 15 is 0 Å². The van der Waals surface area contributed by atoms with Crippen LogP contribution in [0.5, 0.6) is 0 Å². The standard InChI is InChI=1S/C17H20ClFN2O3S2/c1-12-11-21(7-8-24-12)15(17-13(18)4-2-5-14(17)19)10-20-26(22,23)16-6-3-9-25-16/h2-6,9,12,15,20H,7-8,10-11H2,1H3. The number of benzene rings is 1. The van der Waals surface area contributed by atoms with Crippen LogP contribution in [-0.4, -0.2) is 45.7 Å². The lowest BCUT2D eigenvalue weighted by Gasteiger charge is -2.38. The first-order valence-electron chi connectivity index (χ1n) is 8.21. The third-order valence-electron chi connectivity index (χ3n) is 4.27. The maximum absolute atomic E-state index is 14.5. The predicted molar refractivity (Wildman–Crippen MR) is 101 cm³/mol. The van der Waals surface area contributed by atoms with E-state index in [1.54, 1.807) is 17.5 Å². The Kier molecular flexibility index (Phi) is 6.32. The zero-order valence-electron chi connectivity index (χ0n) is 14.2. The average molecular weight is 419 g/mol. The van der Waals surface area contributed by atoms with Crippen molar-refractivity contribution in [2.24, 2.45) is 0 Å². The Balaban J connectivity index is 1.88. The van der Waals surface area contributed by atoms with Gasteiger partial charge in [-0.15, -0.1) is 11.3 Å². The highest BCUT2D eigenvalue weighted by Gasteiger charge is 2.30. The largest absolute Gasteiger partial charge is 0.376 e. The predicted octanol–water partition coefficient (Wildman–Crippen LogP) is 3.28. The van der Waals surface area contributed by atoms with Gasteiger partial charge < -0.3 is 4.74 Å². The Morgan fingerprint density at radius 1 is 1.42 bits per heavy atom. The molecule has 2 atom stereocenters. The lowest BCUT2D eigenvalue weighted by atomic mass is 10.0. The molecule has 0 radical (unpaired) electrons. The van der Waals surface area contributed by atoms with Crippen molar-refractivity contribution in [3.05, 3.63) is 52.1 Å². The van der Waals surface area contributed by atoms with Gasteiger partial charge >= 0.3 is 0 Å². The molecule has 0 amide bonds. The first kappa shape index (κ1) is 19.7. The molecule has 1 aromatic heterocycles. The van der Waals surface area contributed by atoms with Gasteiger partial charge in [-0.2, -0.15) is 0 Å². The number of thiophene rings is 1. The maximum Gasteiger partial charge on any atom is 0.250 e. The topological polar surface area (TPSA) is 58.6 Å². The number of morpholine rings is 1. The van der Waals surface area contributed by atoms with Gasteiger partial charge in [-0.1, -0.05) is 23.7 Å². The van der Waals surface area contributed by atoms with E-state index in [2.05, 4.69) is 4.72 Å². The fourth-order valence-electron chi connectivity index (χ4n) is 3.05. The molecule has 1 aromatic carbocycles. The number of sulfonamides is 1. The summed E-state index contributed by atoms with van der Waals surface area (Å²) in [6.07, 6.45) is -0.0225. The average Bonchev–Trinajstić information content (AvgIpc) is 3.13. The van der Waals surface area contributed by atoms with E-state index < -0.39 is 21.9 Å². The highest BCUT2D eigenvalue weighted by Crippen LogP contribution is 2.31. The second-order valence-corrected chi connectivity index (χ2v) is 9.46. The number of nitrogens with zero attached hydrogens (tertiary/aromatic N) is 1. The van der Waals surface area contributed by atoms with E-state index in [1.165, 1.54) is 18.2 Å². The third-order valence-corrected chi connectivity index (χ3v) is 7.42. The van der Waals surface area contributed by atoms with Crippen LogP contribution in [-0.2, 0) is 14.8 Å². The van der Waals surface area contributed by atoms with E-state index in [0.717, 1.165) is 11.3 Å². The van der Waals surface area contributed by atoms with Gasteiger partial charge in [-0.05, 0) is 30.5 Å². The molecule has 5 nitrogen and oxygen atoms in total. The summed E-state index contributed by atoms with van der Waals surface area (Å²) >= 11 is 7.39. The van der Waals surface area contributed by atoms with Crippen molar-refractivity contribution >= 4 is 33.0 Å². The molecule has 1 N–H and O–H groups in total. The Morgan fingerprint density at radius 3 is 2.88 bits per heavy atom. The Hall–Kier alpha value is -1.03. The van der Waals surface area contributed by atoms with Gasteiger partial charge in [-0.25, -0.2) is 17.5 Å². The summed E-state index contributed by atoms with van der Waals surface area (Å²) in [4.78, 5) is 2.01. The summed E-state index contributed by atoms with van der Waals surface area (Å²) in [5.74, 6) is -0.447. The first-order valence-corrected chi connectivity index (χ1v) is 11.0. The van der Waals surface area contributed by atoms with E-state index in [4.69, 9.17) is 16.3 Å². The van der Waals surface area contributed by atoms with Crippen molar-refractivity contribution in [3.8, 4) is 0 Å². The minimum atomic E-state index is -3.65. The number of hydrogen-bond acceptors (Lipinski definition) is 5. The van der Waals surface area contributed by atoms with Crippen molar-refractivity contribution in [2.45, 2.75) is 23.3 Å². The number of nitrogens with one attached hydrogen (secondary N) is 1. The monoisotopic (exact) mass is 418 g/mol. The molecule has 142 valence electrons. The molecular weight excluding hydrogens is 399 g/mol. The van der Waals surface area contributed by atoms with Crippen LogP contribution < -0.4 is 4.72 Å². The van der Waals surface area contributed by atoms with Gasteiger partial charge in [-0.3, -0.25) is 4.90 Å². The molecule has 1 saturated heterocycles. The Morgan fingerprint density at radius 2 is 2.23 bits per heavy atom. The van der Waals surface area contributed by atoms with Crippen molar-refractivity contribution < 1.29 is 17.5 Å². The summed E-state index contributed by atoms with van der Waals surface area (Å²) in [5.41, 5.74) is 0.303. The van der Waals surface area contributed by atoms with Crippen LogP contribution in [0.15, 0.2) is 39.9 Å². The van der Waals surface area contributed by atoms with Crippen LogP contribution >= 0.6 is 22.9 Å². The summed E-state index contributed by atoms with van der Waals surface area (Å²) < 4.78 is 47.9. The van der Waals surface area contributed by atoms with Gasteiger partial charge in [0.1, 0.15) is 10.0 Å². The van der Waals surface area contributed by atoms with Crippen LogP contribution in [0.2, 0.25) is 5.02 Å². The number of hydrogen-bond donors (Lipinski definition) is 1. The molecule has 0 saturated carbocycles. The lowest BCUT2D eigenvalue weighted by Crippen LogP contribution is -2.46. The molecular formula is C17H20ClFN2O3S2. The second-order valence-electron chi connectivity index (χ2n) is 6.11. The van der Waals surface area contributed by atoms with E-state index in [1.807, 2.05) is 11.8 Å². The van der Waals surface area contributed by atoms with Gasteiger partial charge in [0.05, 0.1) is 18.8 Å². The van der Waals surface area contributed by atoms with Crippen molar-refractivity contribution in [3.63, 3.8) is 0 Å². The molecule has 26 heavy (non-hydrogen) atoms. The number of ether oxygens (including phenoxy) is 1. The molecule has 0 spiro atoms. The SMILES string of the molecule is CC1CN(C(CNS(=O)(=O)c2cccs2)c2c(F)cccc2Cl)CCO1. The normalized spacial score (nSPS) is 20.2. The zero-order chi connectivity index (χ0) is 18.7. The summed E-state index contributed by atoms with van der Waals surface area (Å²) in [6, 6.07) is 7.18. The number of rotatable bonds is 6. The van der Waals surface area contributed by atoms with Crippen LogP contribution in [0.4, 0.5) is 4.39 Å².